The first-order chi connectivity index (χ1) is 14.6. The molecule has 0 aromatic carbocycles. The number of hydrazine groups is 24. The number of nitrogens with two attached hydrogens (primary N) is 1. The Bertz CT molecular complexity index is 613. The predicted octanol–water partition coefficient (Wildman–Crippen LogP) is -6.22. The lowest BCUT2D eigenvalue weighted by Crippen LogP contribution is -3.15. The van der Waals surface area contributed by atoms with E-state index in [1.165, 1.54) is 5.23 Å². The summed E-state index contributed by atoms with van der Waals surface area (Å²) in [5.41, 5.74) is 14.9. The van der Waals surface area contributed by atoms with Gasteiger partial charge in [0.15, 0.2) is 0 Å². The fourth-order valence-electron chi connectivity index (χ4n) is 3.66. The fraction of sp³-hybridized carbons (Fsp3) is 1.00. The lowest BCUT2D eigenvalue weighted by Gasteiger charge is -2.83. The van der Waals surface area contributed by atoms with Crippen molar-refractivity contribution in [2.24, 2.45) is 5.84 Å². The van der Waals surface area contributed by atoms with Crippen LogP contribution in [0.2, 0.25) is 0 Å². The van der Waals surface area contributed by atoms with E-state index in [0.29, 0.717) is 0 Å². The average molecular weight is 435 g/mol. The first-order valence-corrected chi connectivity index (χ1v) is 9.98. The average Bonchev–Trinajstić information content (AvgIpc) is 2.73. The Balaban J connectivity index is 1.20. The van der Waals surface area contributed by atoms with Gasteiger partial charge in [-0.1, -0.05) is 29.3 Å². The number of rotatable bonds is 11. The Labute approximate surface area is 173 Å². The molecule has 0 saturated carbocycles. The molecule has 10 N–H and O–H groups in total. The van der Waals surface area contributed by atoms with Crippen LogP contribution in [-0.4, -0.2) is 99.5 Å². The summed E-state index contributed by atoms with van der Waals surface area (Å²) in [6.07, 6.45) is 2.16. The Morgan fingerprint density at radius 3 is 1.90 bits per heavy atom. The molecule has 0 aromatic rings. The molecular formula is C9H32N21+. The lowest BCUT2D eigenvalue weighted by atomic mass is 10.3. The Morgan fingerprint density at radius 1 is 0.700 bits per heavy atom. The van der Waals surface area contributed by atoms with E-state index in [9.17, 15) is 0 Å². The number of unbranched alkanes of at least 4 members (excludes halogenated alkanes) is 1. The second-order valence-electron chi connectivity index (χ2n) is 6.65. The number of hydrogen-bond donors (Lipinski definition) is 7. The van der Waals surface area contributed by atoms with E-state index in [2.05, 4.69) is 54.2 Å². The van der Waals surface area contributed by atoms with E-state index in [-0.39, 0.29) is 0 Å². The van der Waals surface area contributed by atoms with Crippen LogP contribution in [0.5, 0.6) is 0 Å². The van der Waals surface area contributed by atoms with Crippen LogP contribution >= 0.6 is 0 Å². The number of nitrogens with zero attached hydrogens (tertiary/aromatic N) is 14. The van der Waals surface area contributed by atoms with E-state index in [1.807, 2.05) is 59.0 Å². The smallest absolute Gasteiger partial charge is 0.0336 e. The van der Waals surface area contributed by atoms with Gasteiger partial charge in [-0.15, -0.1) is 32.0 Å². The van der Waals surface area contributed by atoms with Crippen molar-refractivity contribution in [3.8, 4) is 0 Å². The molecule has 5 fully saturated rings. The van der Waals surface area contributed by atoms with Gasteiger partial charge in [0.05, 0.1) is 0 Å². The first-order valence-electron chi connectivity index (χ1n) is 9.98. The molecule has 21 heteroatoms. The zero-order chi connectivity index (χ0) is 21.2. The third-order valence-corrected chi connectivity index (χ3v) is 5.06. The van der Waals surface area contributed by atoms with E-state index < -0.39 is 0 Å². The van der Waals surface area contributed by atoms with Gasteiger partial charge >= 0.3 is 0 Å². The van der Waals surface area contributed by atoms with Crippen LogP contribution in [0.1, 0.15) is 33.6 Å². The SMILES string of the molecule is CCCCN1N(N)N(NNN2N(NN[NH3+])N3N2N2N4N(CC)N(NC)N4N32)N1CC. The molecule has 0 atom stereocenters. The van der Waals surface area contributed by atoms with Crippen LogP contribution in [-0.2, 0) is 0 Å². The summed E-state index contributed by atoms with van der Waals surface area (Å²) < 4.78 is 0. The van der Waals surface area contributed by atoms with Gasteiger partial charge in [-0.3, -0.25) is 5.84 Å². The van der Waals surface area contributed by atoms with Crippen LogP contribution in [0.25, 0.3) is 0 Å². The maximum Gasteiger partial charge on any atom is 0.0336 e. The Morgan fingerprint density at radius 2 is 1.30 bits per heavy atom. The standard InChI is InChI=1S/C9H31N21/c1-5-8-9-19-17(6-2)22(20(19)11)15-16-24-23(14-13-10)27-28(24)29-25-18(7-3)21(12-4)26(25)30(27)29/h12-16H,5-11H2,1-4H3/p+1. The molecule has 5 heterocycles. The number of fused-ring (bicyclic) bond motifs is 7. The van der Waals surface area contributed by atoms with Crippen molar-refractivity contribution in [2.75, 3.05) is 26.7 Å². The normalized spacial score (nSPS) is 29.8. The third kappa shape index (κ3) is 2.56. The fourth-order valence-corrected chi connectivity index (χ4v) is 3.66. The molecule has 0 spiro atoms. The van der Waals surface area contributed by atoms with Gasteiger partial charge in [-0.25, -0.2) is 11.3 Å². The predicted molar refractivity (Wildman–Crippen MR) is 95.3 cm³/mol. The van der Waals surface area contributed by atoms with E-state index in [0.717, 1.165) is 32.5 Å². The maximum atomic E-state index is 6.16. The number of hydrogen-bond acceptors (Lipinski definition) is 20. The molecule has 0 aliphatic carbocycles. The lowest BCUT2D eigenvalue weighted by molar-refractivity contribution is -0.959. The van der Waals surface area contributed by atoms with E-state index in [1.54, 1.807) is 15.7 Å². The van der Waals surface area contributed by atoms with Gasteiger partial charge in [-0.05, 0) is 67.3 Å². The maximum absolute atomic E-state index is 6.16. The monoisotopic (exact) mass is 434 g/mol. The minimum atomic E-state index is 0.762. The molecule has 5 aliphatic rings. The topological polar surface area (TPSA) is 159 Å². The van der Waals surface area contributed by atoms with Gasteiger partial charge in [0, 0.05) is 26.7 Å². The molecule has 0 bridgehead atoms. The van der Waals surface area contributed by atoms with Crippen molar-refractivity contribution in [1.82, 2.24) is 100 Å². The second-order valence-corrected chi connectivity index (χ2v) is 6.65. The van der Waals surface area contributed by atoms with Crippen LogP contribution in [0, 0.1) is 0 Å². The zero-order valence-corrected chi connectivity index (χ0v) is 17.6. The molecular weight excluding hydrogens is 402 g/mol. The molecule has 0 amide bonds. The summed E-state index contributed by atoms with van der Waals surface area (Å²) in [7, 11) is 1.86. The van der Waals surface area contributed by atoms with Crippen molar-refractivity contribution >= 4 is 0 Å². The van der Waals surface area contributed by atoms with Crippen molar-refractivity contribution in [2.45, 2.75) is 33.6 Å². The molecule has 172 valence electrons. The van der Waals surface area contributed by atoms with Crippen LogP contribution in [0.3, 0.4) is 0 Å². The van der Waals surface area contributed by atoms with Gasteiger partial charge in [0.1, 0.15) is 0 Å². The molecule has 0 radical (unpaired) electrons. The van der Waals surface area contributed by atoms with Crippen LogP contribution in [0.15, 0.2) is 0 Å². The van der Waals surface area contributed by atoms with Crippen molar-refractivity contribution in [3.63, 3.8) is 0 Å². The highest BCUT2D eigenvalue weighted by Gasteiger charge is 2.81. The largest absolute Gasteiger partial charge is 0.265 e. The molecule has 21 nitrogen and oxygen atoms in total. The highest BCUT2D eigenvalue weighted by molar-refractivity contribution is 4.70. The van der Waals surface area contributed by atoms with E-state index in [4.69, 9.17) is 5.84 Å². The minimum absolute atomic E-state index is 0.762. The summed E-state index contributed by atoms with van der Waals surface area (Å²) in [5.74, 6) is 9.79. The summed E-state index contributed by atoms with van der Waals surface area (Å²) >= 11 is 0. The summed E-state index contributed by atoms with van der Waals surface area (Å²) in [5, 5.41) is 25.6. The number of nitrogens with one attached hydrogen (secondary N) is 5. The summed E-state index contributed by atoms with van der Waals surface area (Å²) in [4.78, 5) is 0. The Kier molecular flexibility index (Phi) is 5.56. The third-order valence-electron chi connectivity index (χ3n) is 5.06. The molecule has 5 rings (SSSR count). The second kappa shape index (κ2) is 7.94. The minimum Gasteiger partial charge on any atom is -0.265 e. The zero-order valence-electron chi connectivity index (χ0n) is 17.6. The van der Waals surface area contributed by atoms with Crippen molar-refractivity contribution in [1.29, 1.82) is 0 Å². The molecule has 0 unspecified atom stereocenters. The van der Waals surface area contributed by atoms with E-state index >= 15 is 0 Å². The molecule has 5 aliphatic heterocycles. The van der Waals surface area contributed by atoms with Gasteiger partial charge in [0.25, 0.3) is 0 Å². The van der Waals surface area contributed by atoms with Gasteiger partial charge < -0.3 is 0 Å². The highest BCUT2D eigenvalue weighted by atomic mass is 16.8. The summed E-state index contributed by atoms with van der Waals surface area (Å²) in [6, 6.07) is 0. The quantitative estimate of drug-likeness (QED) is 0.121. The van der Waals surface area contributed by atoms with Crippen LogP contribution in [0.4, 0.5) is 0 Å². The Hall–Kier alpha value is -0.840. The van der Waals surface area contributed by atoms with Crippen molar-refractivity contribution in [3.05, 3.63) is 0 Å². The van der Waals surface area contributed by atoms with Crippen LogP contribution < -0.4 is 39.3 Å². The van der Waals surface area contributed by atoms with Crippen molar-refractivity contribution < 1.29 is 5.84 Å². The molecule has 0 aromatic heterocycles. The first kappa shape index (κ1) is 21.0. The van der Waals surface area contributed by atoms with Gasteiger partial charge in [0.2, 0.25) is 0 Å². The highest BCUT2D eigenvalue weighted by Crippen LogP contribution is 2.50. The molecule has 5 saturated heterocycles. The number of quaternary nitrogens is 1. The summed E-state index contributed by atoms with van der Waals surface area (Å²) in [6.45, 7) is 8.69. The molecule has 30 heavy (non-hydrogen) atoms. The van der Waals surface area contributed by atoms with Gasteiger partial charge in [-0.2, -0.15) is 0 Å².